The Labute approximate surface area is 111 Å². The zero-order valence-corrected chi connectivity index (χ0v) is 11.4. The Morgan fingerprint density at radius 2 is 2.06 bits per heavy atom. The van der Waals surface area contributed by atoms with Crippen LogP contribution in [0.2, 0.25) is 0 Å². The minimum absolute atomic E-state index is 0.329. The Morgan fingerprint density at radius 1 is 1.28 bits per heavy atom. The lowest BCUT2D eigenvalue weighted by atomic mass is 10.0. The lowest BCUT2D eigenvalue weighted by Crippen LogP contribution is -2.05. The van der Waals surface area contributed by atoms with E-state index in [1.807, 2.05) is 6.08 Å². The third-order valence-electron chi connectivity index (χ3n) is 3.71. The van der Waals surface area contributed by atoms with Crippen LogP contribution in [0.15, 0.2) is 36.9 Å². The summed E-state index contributed by atoms with van der Waals surface area (Å²) in [6.45, 7) is 5.99. The molecule has 0 aliphatic carbocycles. The second-order valence-corrected chi connectivity index (χ2v) is 5.18. The van der Waals surface area contributed by atoms with Crippen LogP contribution in [0.1, 0.15) is 56.3 Å². The summed E-state index contributed by atoms with van der Waals surface area (Å²) in [4.78, 5) is 0. The van der Waals surface area contributed by atoms with Gasteiger partial charge in [-0.2, -0.15) is 0 Å². The highest BCUT2D eigenvalue weighted by Crippen LogP contribution is 2.34. The van der Waals surface area contributed by atoms with Gasteiger partial charge in [-0.25, -0.2) is 0 Å². The first-order valence-electron chi connectivity index (χ1n) is 7.18. The van der Waals surface area contributed by atoms with E-state index in [1.54, 1.807) is 0 Å². The molecule has 2 atom stereocenters. The minimum Gasteiger partial charge on any atom is -0.370 e. The molecule has 0 saturated carbocycles. The monoisotopic (exact) mass is 244 g/mol. The fourth-order valence-corrected chi connectivity index (χ4v) is 2.65. The molecule has 0 N–H and O–H groups in total. The van der Waals surface area contributed by atoms with Crippen molar-refractivity contribution in [1.29, 1.82) is 0 Å². The Morgan fingerprint density at radius 3 is 2.72 bits per heavy atom. The van der Waals surface area contributed by atoms with Gasteiger partial charge in [0.2, 0.25) is 0 Å². The maximum Gasteiger partial charge on any atom is 0.0829 e. The van der Waals surface area contributed by atoms with Crippen molar-refractivity contribution in [2.75, 3.05) is 0 Å². The largest absolute Gasteiger partial charge is 0.370 e. The number of allylic oxidation sites excluding steroid dienone is 1. The van der Waals surface area contributed by atoms with E-state index in [2.05, 4.69) is 37.8 Å². The fourth-order valence-electron chi connectivity index (χ4n) is 2.65. The molecule has 1 saturated heterocycles. The molecule has 18 heavy (non-hydrogen) atoms. The fraction of sp³-hybridized carbons (Fsp3) is 0.529. The molecule has 1 aliphatic rings. The van der Waals surface area contributed by atoms with E-state index >= 15 is 0 Å². The zero-order chi connectivity index (χ0) is 12.8. The maximum absolute atomic E-state index is 6.09. The molecule has 1 heterocycles. The van der Waals surface area contributed by atoms with Crippen molar-refractivity contribution in [3.05, 3.63) is 48.0 Å². The number of aryl methyl sites for hydroxylation is 1. The third-order valence-corrected chi connectivity index (χ3v) is 3.71. The number of hydrogen-bond acceptors (Lipinski definition) is 1. The average Bonchev–Trinajstić information content (AvgIpc) is 2.86. The van der Waals surface area contributed by atoms with E-state index in [1.165, 1.54) is 36.8 Å². The molecular formula is C17H24O. The first-order chi connectivity index (χ1) is 8.83. The molecule has 1 aliphatic heterocycles. The van der Waals surface area contributed by atoms with Crippen LogP contribution in [0.5, 0.6) is 0 Å². The second kappa shape index (κ2) is 6.75. The molecule has 1 aromatic rings. The summed E-state index contributed by atoms with van der Waals surface area (Å²) >= 11 is 0. The van der Waals surface area contributed by atoms with E-state index < -0.39 is 0 Å². The van der Waals surface area contributed by atoms with Crippen molar-refractivity contribution < 1.29 is 4.74 Å². The van der Waals surface area contributed by atoms with Crippen LogP contribution < -0.4 is 0 Å². The maximum atomic E-state index is 6.09. The number of ether oxygens (including phenoxy) is 1. The van der Waals surface area contributed by atoms with Gasteiger partial charge in [0.05, 0.1) is 12.2 Å². The van der Waals surface area contributed by atoms with E-state index in [9.17, 15) is 0 Å². The van der Waals surface area contributed by atoms with E-state index in [0.717, 1.165) is 12.8 Å². The Kier molecular flexibility index (Phi) is 5.00. The summed E-state index contributed by atoms with van der Waals surface area (Å²) in [5.74, 6) is 0. The summed E-state index contributed by atoms with van der Waals surface area (Å²) in [5.41, 5.74) is 2.73. The summed E-state index contributed by atoms with van der Waals surface area (Å²) in [6.07, 6.45) is 9.75. The molecule has 1 heteroatoms. The second-order valence-electron chi connectivity index (χ2n) is 5.18. The molecule has 1 aromatic carbocycles. The highest BCUT2D eigenvalue weighted by atomic mass is 16.5. The van der Waals surface area contributed by atoms with Crippen LogP contribution in [0.4, 0.5) is 0 Å². The van der Waals surface area contributed by atoms with Crippen molar-refractivity contribution in [1.82, 2.24) is 0 Å². The summed E-state index contributed by atoms with van der Waals surface area (Å²) in [5, 5.41) is 0. The lowest BCUT2D eigenvalue weighted by molar-refractivity contribution is 0.0396. The van der Waals surface area contributed by atoms with Gasteiger partial charge in [0, 0.05) is 0 Å². The van der Waals surface area contributed by atoms with Gasteiger partial charge in [0.1, 0.15) is 0 Å². The van der Waals surface area contributed by atoms with Gasteiger partial charge in [-0.3, -0.25) is 0 Å². The SMILES string of the molecule is C=CCCc1ccc(C2CCC(CCC)O2)cc1. The quantitative estimate of drug-likeness (QED) is 0.651. The van der Waals surface area contributed by atoms with Gasteiger partial charge in [0.25, 0.3) is 0 Å². The molecule has 1 fully saturated rings. The van der Waals surface area contributed by atoms with Crippen LogP contribution >= 0.6 is 0 Å². The molecule has 0 amide bonds. The number of rotatable bonds is 6. The molecule has 1 nitrogen and oxygen atoms in total. The highest BCUT2D eigenvalue weighted by molar-refractivity contribution is 5.25. The molecule has 2 unspecified atom stereocenters. The van der Waals surface area contributed by atoms with Gasteiger partial charge in [-0.1, -0.05) is 43.7 Å². The van der Waals surface area contributed by atoms with E-state index in [4.69, 9.17) is 4.74 Å². The number of hydrogen-bond donors (Lipinski definition) is 0. The van der Waals surface area contributed by atoms with Crippen molar-refractivity contribution in [3.8, 4) is 0 Å². The molecule has 98 valence electrons. The van der Waals surface area contributed by atoms with Gasteiger partial charge in [-0.05, 0) is 43.2 Å². The molecule has 0 radical (unpaired) electrons. The van der Waals surface area contributed by atoms with Crippen LogP contribution in [0, 0.1) is 0 Å². The average molecular weight is 244 g/mol. The van der Waals surface area contributed by atoms with Gasteiger partial charge < -0.3 is 4.74 Å². The standard InChI is InChI=1S/C17H24O/c1-3-5-7-14-8-10-15(11-9-14)17-13-12-16(18-17)6-4-2/h3,8-11,16-17H,1,4-7,12-13H2,2H3. The third kappa shape index (κ3) is 3.46. The lowest BCUT2D eigenvalue weighted by Gasteiger charge is -2.13. The van der Waals surface area contributed by atoms with Gasteiger partial charge in [0.15, 0.2) is 0 Å². The predicted octanol–water partition coefficient (Wildman–Crippen LogP) is 4.83. The molecule has 0 bridgehead atoms. The molecule has 0 spiro atoms. The van der Waals surface area contributed by atoms with Gasteiger partial charge >= 0.3 is 0 Å². The molecular weight excluding hydrogens is 220 g/mol. The topological polar surface area (TPSA) is 9.23 Å². The number of benzene rings is 1. The van der Waals surface area contributed by atoms with Crippen LogP contribution in [-0.4, -0.2) is 6.10 Å². The summed E-state index contributed by atoms with van der Waals surface area (Å²) in [7, 11) is 0. The van der Waals surface area contributed by atoms with Crippen LogP contribution in [0.25, 0.3) is 0 Å². The van der Waals surface area contributed by atoms with Gasteiger partial charge in [-0.15, -0.1) is 6.58 Å². The predicted molar refractivity (Wildman–Crippen MR) is 76.7 cm³/mol. The first-order valence-corrected chi connectivity index (χ1v) is 7.18. The summed E-state index contributed by atoms with van der Waals surface area (Å²) in [6, 6.07) is 8.93. The minimum atomic E-state index is 0.329. The van der Waals surface area contributed by atoms with E-state index in [0.29, 0.717) is 12.2 Å². The smallest absolute Gasteiger partial charge is 0.0829 e. The van der Waals surface area contributed by atoms with E-state index in [-0.39, 0.29) is 0 Å². The Hall–Kier alpha value is -1.08. The Bertz CT molecular complexity index is 366. The molecule has 2 rings (SSSR count). The normalized spacial score (nSPS) is 23.2. The highest BCUT2D eigenvalue weighted by Gasteiger charge is 2.25. The van der Waals surface area contributed by atoms with Crippen LogP contribution in [0.3, 0.4) is 0 Å². The first kappa shape index (κ1) is 13.4. The molecule has 0 aromatic heterocycles. The summed E-state index contributed by atoms with van der Waals surface area (Å²) < 4.78 is 6.09. The Balaban J connectivity index is 1.91. The van der Waals surface area contributed by atoms with Crippen LogP contribution in [-0.2, 0) is 11.2 Å². The van der Waals surface area contributed by atoms with Crippen molar-refractivity contribution in [3.63, 3.8) is 0 Å². The van der Waals surface area contributed by atoms with Crippen molar-refractivity contribution in [2.24, 2.45) is 0 Å². The van der Waals surface area contributed by atoms with Crippen molar-refractivity contribution in [2.45, 2.75) is 57.7 Å². The van der Waals surface area contributed by atoms with Crippen molar-refractivity contribution >= 4 is 0 Å². The zero-order valence-electron chi connectivity index (χ0n) is 11.4.